The van der Waals surface area contributed by atoms with Gasteiger partial charge < -0.3 is 19.8 Å². The van der Waals surface area contributed by atoms with E-state index in [0.29, 0.717) is 11.3 Å². The summed E-state index contributed by atoms with van der Waals surface area (Å²) in [5.41, 5.74) is 1.42. The van der Waals surface area contributed by atoms with Crippen LogP contribution in [-0.4, -0.2) is 48.4 Å². The van der Waals surface area contributed by atoms with Gasteiger partial charge in [0.15, 0.2) is 6.10 Å². The van der Waals surface area contributed by atoms with Crippen molar-refractivity contribution in [3.05, 3.63) is 58.2 Å². The fourth-order valence-corrected chi connectivity index (χ4v) is 2.76. The maximum absolute atomic E-state index is 12.9. The highest BCUT2D eigenvalue weighted by Crippen LogP contribution is 2.20. The topological polar surface area (TPSA) is 115 Å². The number of ketones is 1. The lowest BCUT2D eigenvalue weighted by Gasteiger charge is -2.13. The van der Waals surface area contributed by atoms with E-state index in [-0.39, 0.29) is 16.8 Å². The van der Waals surface area contributed by atoms with Crippen molar-refractivity contribution in [3.63, 3.8) is 0 Å². The van der Waals surface area contributed by atoms with Gasteiger partial charge in [-0.05, 0) is 50.6 Å². The van der Waals surface area contributed by atoms with Crippen molar-refractivity contribution in [2.45, 2.75) is 26.9 Å². The van der Waals surface area contributed by atoms with Crippen LogP contribution in [0.3, 0.4) is 0 Å². The van der Waals surface area contributed by atoms with Crippen LogP contribution in [0, 0.1) is 19.7 Å². The minimum Gasteiger partial charge on any atom is -0.465 e. The number of esters is 2. The number of benzene rings is 1. The zero-order valence-corrected chi connectivity index (χ0v) is 16.4. The number of Topliss-reactive ketones (excluding diaryl/α,β-unsaturated/α-hetero) is 1. The summed E-state index contributed by atoms with van der Waals surface area (Å²) in [6.07, 6.45) is -1.15. The molecular formula is C20H21FN2O6. The van der Waals surface area contributed by atoms with Gasteiger partial charge in [-0.25, -0.2) is 9.18 Å². The molecule has 0 aliphatic carbocycles. The first-order valence-corrected chi connectivity index (χ1v) is 8.70. The van der Waals surface area contributed by atoms with Crippen LogP contribution in [0.4, 0.5) is 4.39 Å². The van der Waals surface area contributed by atoms with Crippen LogP contribution in [0.25, 0.3) is 0 Å². The third-order valence-electron chi connectivity index (χ3n) is 4.25. The molecule has 0 bridgehead atoms. The zero-order chi connectivity index (χ0) is 21.7. The van der Waals surface area contributed by atoms with Gasteiger partial charge in [0.1, 0.15) is 12.4 Å². The largest absolute Gasteiger partial charge is 0.465 e. The number of carbonyl (C=O) groups is 4. The number of H-pyrrole nitrogens is 1. The predicted octanol–water partition coefficient (Wildman–Crippen LogP) is 2.10. The third-order valence-corrected chi connectivity index (χ3v) is 4.25. The summed E-state index contributed by atoms with van der Waals surface area (Å²) < 4.78 is 22.6. The number of nitrogens with one attached hydrogen (secondary N) is 2. The normalized spacial score (nSPS) is 11.5. The van der Waals surface area contributed by atoms with Crippen LogP contribution in [0.2, 0.25) is 0 Å². The summed E-state index contributed by atoms with van der Waals surface area (Å²) in [4.78, 5) is 51.1. The third kappa shape index (κ3) is 5.07. The summed E-state index contributed by atoms with van der Waals surface area (Å²) in [6.45, 7) is 4.12. The second-order valence-electron chi connectivity index (χ2n) is 6.30. The molecule has 0 saturated carbocycles. The van der Waals surface area contributed by atoms with E-state index < -0.39 is 42.1 Å². The summed E-state index contributed by atoms with van der Waals surface area (Å²) in [6, 6.07) is 4.79. The number of ether oxygens (including phenoxy) is 2. The Bertz CT molecular complexity index is 949. The van der Waals surface area contributed by atoms with Crippen molar-refractivity contribution in [1.29, 1.82) is 0 Å². The predicted molar refractivity (Wildman–Crippen MR) is 100 cm³/mol. The van der Waals surface area contributed by atoms with Gasteiger partial charge in [0.2, 0.25) is 5.78 Å². The lowest BCUT2D eigenvalue weighted by atomic mass is 10.1. The zero-order valence-electron chi connectivity index (χ0n) is 16.4. The Morgan fingerprint density at radius 1 is 1.14 bits per heavy atom. The first-order valence-electron chi connectivity index (χ1n) is 8.70. The van der Waals surface area contributed by atoms with Crippen LogP contribution in [0.1, 0.15) is 49.4 Å². The Hall–Kier alpha value is -3.49. The Morgan fingerprint density at radius 3 is 2.34 bits per heavy atom. The maximum Gasteiger partial charge on any atom is 0.339 e. The van der Waals surface area contributed by atoms with Gasteiger partial charge in [-0.2, -0.15) is 0 Å². The van der Waals surface area contributed by atoms with Gasteiger partial charge in [0, 0.05) is 11.3 Å². The van der Waals surface area contributed by atoms with E-state index in [9.17, 15) is 23.6 Å². The molecule has 0 radical (unpaired) electrons. The van der Waals surface area contributed by atoms with E-state index in [1.54, 1.807) is 13.8 Å². The molecule has 0 aliphatic heterocycles. The molecule has 2 aromatic rings. The first-order chi connectivity index (χ1) is 13.6. The van der Waals surface area contributed by atoms with E-state index in [1.807, 2.05) is 0 Å². The number of aromatic amines is 1. The molecule has 9 heteroatoms. The standard InChI is InChI=1S/C20H21FN2O6/c1-10-16(20(27)28-4)11(2)23-17(10)18(25)12(3)29-15(24)9-22-19(26)13-5-7-14(21)8-6-13/h5-8,12,23H,9H2,1-4H3,(H,22,26)/t12-/m1/s1. The molecule has 0 unspecified atom stereocenters. The number of hydrogen-bond donors (Lipinski definition) is 2. The van der Waals surface area contributed by atoms with E-state index in [0.717, 1.165) is 12.1 Å². The number of methoxy groups -OCH3 is 1. The molecule has 0 fully saturated rings. The molecule has 2 rings (SSSR count). The first kappa shape index (κ1) is 21.8. The van der Waals surface area contributed by atoms with Crippen molar-refractivity contribution in [2.75, 3.05) is 13.7 Å². The van der Waals surface area contributed by atoms with E-state index >= 15 is 0 Å². The Balaban J connectivity index is 1.97. The lowest BCUT2D eigenvalue weighted by Crippen LogP contribution is -2.34. The number of rotatable bonds is 7. The van der Waals surface area contributed by atoms with Gasteiger partial charge in [-0.15, -0.1) is 0 Å². The molecule has 2 N–H and O–H groups in total. The summed E-state index contributed by atoms with van der Waals surface area (Å²) in [5, 5.41) is 2.33. The highest BCUT2D eigenvalue weighted by molar-refractivity contribution is 6.04. The SMILES string of the molecule is COC(=O)c1c(C)[nH]c(C(=O)[C@@H](C)OC(=O)CNC(=O)c2ccc(F)cc2)c1C. The quantitative estimate of drug-likeness (QED) is 0.540. The molecule has 1 aromatic carbocycles. The molecule has 1 aromatic heterocycles. The Labute approximate surface area is 166 Å². The second-order valence-corrected chi connectivity index (χ2v) is 6.30. The van der Waals surface area contributed by atoms with Crippen molar-refractivity contribution >= 4 is 23.6 Å². The van der Waals surface area contributed by atoms with E-state index in [2.05, 4.69) is 10.3 Å². The van der Waals surface area contributed by atoms with Crippen LogP contribution >= 0.6 is 0 Å². The Morgan fingerprint density at radius 2 is 1.76 bits per heavy atom. The van der Waals surface area contributed by atoms with Crippen LogP contribution < -0.4 is 5.32 Å². The molecule has 0 aliphatic rings. The van der Waals surface area contributed by atoms with Gasteiger partial charge in [-0.1, -0.05) is 0 Å². The highest BCUT2D eigenvalue weighted by atomic mass is 19.1. The number of halogens is 1. The second kappa shape index (κ2) is 9.13. The van der Waals surface area contributed by atoms with Crippen LogP contribution in [0.5, 0.6) is 0 Å². The molecule has 154 valence electrons. The fraction of sp³-hybridized carbons (Fsp3) is 0.300. The number of hydrogen-bond acceptors (Lipinski definition) is 6. The van der Waals surface area contributed by atoms with Gasteiger partial charge in [-0.3, -0.25) is 14.4 Å². The van der Waals surface area contributed by atoms with Gasteiger partial charge >= 0.3 is 11.9 Å². The fourth-order valence-electron chi connectivity index (χ4n) is 2.76. The number of aryl methyl sites for hydroxylation is 1. The van der Waals surface area contributed by atoms with Crippen molar-refractivity contribution in [2.24, 2.45) is 0 Å². The monoisotopic (exact) mass is 404 g/mol. The van der Waals surface area contributed by atoms with Crippen molar-refractivity contribution in [1.82, 2.24) is 10.3 Å². The van der Waals surface area contributed by atoms with Crippen molar-refractivity contribution in [3.8, 4) is 0 Å². The average Bonchev–Trinajstić information content (AvgIpc) is 2.99. The maximum atomic E-state index is 12.9. The summed E-state index contributed by atoms with van der Waals surface area (Å²) >= 11 is 0. The molecule has 29 heavy (non-hydrogen) atoms. The number of aromatic nitrogens is 1. The van der Waals surface area contributed by atoms with Crippen LogP contribution in [0.15, 0.2) is 24.3 Å². The number of carbonyl (C=O) groups excluding carboxylic acids is 4. The van der Waals surface area contributed by atoms with Gasteiger partial charge in [0.25, 0.3) is 5.91 Å². The van der Waals surface area contributed by atoms with E-state index in [4.69, 9.17) is 9.47 Å². The minimum absolute atomic E-state index is 0.138. The molecule has 1 heterocycles. The molecular weight excluding hydrogens is 383 g/mol. The highest BCUT2D eigenvalue weighted by Gasteiger charge is 2.27. The average molecular weight is 404 g/mol. The summed E-state index contributed by atoms with van der Waals surface area (Å²) in [7, 11) is 1.24. The minimum atomic E-state index is -1.15. The van der Waals surface area contributed by atoms with Crippen molar-refractivity contribution < 1.29 is 33.0 Å². The van der Waals surface area contributed by atoms with Crippen LogP contribution in [-0.2, 0) is 14.3 Å². The van der Waals surface area contributed by atoms with Gasteiger partial charge in [0.05, 0.1) is 18.4 Å². The van der Waals surface area contributed by atoms with E-state index in [1.165, 1.54) is 26.2 Å². The molecule has 0 saturated heterocycles. The Kier molecular flexibility index (Phi) is 6.87. The summed E-state index contributed by atoms with van der Waals surface area (Å²) in [5.74, 6) is -3.00. The molecule has 1 atom stereocenters. The number of amides is 1. The smallest absolute Gasteiger partial charge is 0.339 e. The lowest BCUT2D eigenvalue weighted by molar-refractivity contribution is -0.145. The molecule has 0 spiro atoms. The molecule has 1 amide bonds. The molecule has 8 nitrogen and oxygen atoms in total.